The number of fused-ring (bicyclic) bond motifs is 2. The van der Waals surface area contributed by atoms with Gasteiger partial charge >= 0.3 is 0 Å². The summed E-state index contributed by atoms with van der Waals surface area (Å²) in [6.07, 6.45) is 3.61. The van der Waals surface area contributed by atoms with Gasteiger partial charge in [0.1, 0.15) is 5.82 Å². The zero-order valence-electron chi connectivity index (χ0n) is 11.9. The summed E-state index contributed by atoms with van der Waals surface area (Å²) in [5.74, 6) is 2.30. The number of rotatable bonds is 2. The van der Waals surface area contributed by atoms with Gasteiger partial charge in [0.15, 0.2) is 0 Å². The van der Waals surface area contributed by atoms with Crippen LogP contribution >= 0.6 is 0 Å². The lowest BCUT2D eigenvalue weighted by atomic mass is 9.85. The standard InChI is InChI=1S/C16H18FN3O/c1-8-6-11(4-5-12(8)17)15-19-16(21-20-15)13-9-2-3-10(7-9)14(13)18/h4-6,9-10,13-14H,2-3,7,18H2,1H3. The summed E-state index contributed by atoms with van der Waals surface area (Å²) in [7, 11) is 0. The van der Waals surface area contributed by atoms with E-state index in [-0.39, 0.29) is 17.8 Å². The molecule has 1 heterocycles. The van der Waals surface area contributed by atoms with Gasteiger partial charge in [0.05, 0.1) is 5.92 Å². The third kappa shape index (κ3) is 1.99. The molecule has 2 bridgehead atoms. The molecule has 0 amide bonds. The summed E-state index contributed by atoms with van der Waals surface area (Å²) in [5, 5.41) is 4.06. The second-order valence-electron chi connectivity index (χ2n) is 6.36. The van der Waals surface area contributed by atoms with Crippen LogP contribution in [0, 0.1) is 24.6 Å². The Bertz CT molecular complexity index is 682. The van der Waals surface area contributed by atoms with Gasteiger partial charge in [-0.3, -0.25) is 0 Å². The Morgan fingerprint density at radius 2 is 2.10 bits per heavy atom. The number of halogens is 1. The normalized spacial score (nSPS) is 31.0. The minimum Gasteiger partial charge on any atom is -0.339 e. The van der Waals surface area contributed by atoms with E-state index >= 15 is 0 Å². The highest BCUT2D eigenvalue weighted by Gasteiger charge is 2.48. The Kier molecular flexibility index (Phi) is 2.85. The van der Waals surface area contributed by atoms with Crippen molar-refractivity contribution >= 4 is 0 Å². The lowest BCUT2D eigenvalue weighted by Crippen LogP contribution is -2.34. The molecule has 0 radical (unpaired) electrons. The summed E-state index contributed by atoms with van der Waals surface area (Å²) in [4.78, 5) is 4.52. The van der Waals surface area contributed by atoms with Crippen molar-refractivity contribution in [1.29, 1.82) is 0 Å². The number of hydrogen-bond donors (Lipinski definition) is 1. The van der Waals surface area contributed by atoms with Crippen LogP contribution in [0.5, 0.6) is 0 Å². The summed E-state index contributed by atoms with van der Waals surface area (Å²) in [6.45, 7) is 1.73. The zero-order chi connectivity index (χ0) is 14.6. The van der Waals surface area contributed by atoms with Crippen molar-refractivity contribution in [2.75, 3.05) is 0 Å². The van der Waals surface area contributed by atoms with E-state index in [1.807, 2.05) is 0 Å². The second-order valence-corrected chi connectivity index (χ2v) is 6.36. The molecule has 2 saturated carbocycles. The average molecular weight is 287 g/mol. The predicted molar refractivity (Wildman–Crippen MR) is 76.0 cm³/mol. The quantitative estimate of drug-likeness (QED) is 0.922. The van der Waals surface area contributed by atoms with E-state index in [4.69, 9.17) is 10.3 Å². The molecule has 2 aliphatic carbocycles. The SMILES string of the molecule is Cc1cc(-c2noc(C3C4CCC(C4)C3N)n2)ccc1F. The molecule has 110 valence electrons. The Morgan fingerprint density at radius 3 is 2.81 bits per heavy atom. The molecule has 4 nitrogen and oxygen atoms in total. The van der Waals surface area contributed by atoms with Gasteiger partial charge in [0, 0.05) is 11.6 Å². The highest BCUT2D eigenvalue weighted by atomic mass is 19.1. The van der Waals surface area contributed by atoms with Crippen LogP contribution < -0.4 is 5.73 Å². The monoisotopic (exact) mass is 287 g/mol. The predicted octanol–water partition coefficient (Wildman–Crippen LogP) is 3.02. The van der Waals surface area contributed by atoms with Crippen molar-refractivity contribution in [2.45, 2.75) is 38.1 Å². The highest BCUT2D eigenvalue weighted by Crippen LogP contribution is 2.51. The van der Waals surface area contributed by atoms with Crippen LogP contribution in [0.25, 0.3) is 11.4 Å². The van der Waals surface area contributed by atoms with Crippen molar-refractivity contribution in [2.24, 2.45) is 17.6 Å². The fourth-order valence-electron chi connectivity index (χ4n) is 3.97. The van der Waals surface area contributed by atoms with E-state index in [0.29, 0.717) is 29.1 Å². The van der Waals surface area contributed by atoms with Crippen LogP contribution in [0.15, 0.2) is 22.7 Å². The van der Waals surface area contributed by atoms with Crippen LogP contribution in [0.2, 0.25) is 0 Å². The van der Waals surface area contributed by atoms with Crippen molar-refractivity contribution < 1.29 is 8.91 Å². The molecule has 4 atom stereocenters. The number of aromatic nitrogens is 2. The lowest BCUT2D eigenvalue weighted by molar-refractivity contribution is 0.279. The van der Waals surface area contributed by atoms with E-state index in [1.54, 1.807) is 19.1 Å². The van der Waals surface area contributed by atoms with Crippen molar-refractivity contribution in [1.82, 2.24) is 10.1 Å². The van der Waals surface area contributed by atoms with Crippen molar-refractivity contribution in [3.63, 3.8) is 0 Å². The van der Waals surface area contributed by atoms with Gasteiger partial charge in [-0.2, -0.15) is 4.98 Å². The number of nitrogens with zero attached hydrogens (tertiary/aromatic N) is 2. The van der Waals surface area contributed by atoms with E-state index in [9.17, 15) is 4.39 Å². The molecule has 0 aliphatic heterocycles. The summed E-state index contributed by atoms with van der Waals surface area (Å²) < 4.78 is 18.8. The Balaban J connectivity index is 1.65. The lowest BCUT2D eigenvalue weighted by Gasteiger charge is -2.24. The molecule has 2 fully saturated rings. The summed E-state index contributed by atoms with van der Waals surface area (Å²) in [5.41, 5.74) is 7.67. The molecular formula is C16H18FN3O. The van der Waals surface area contributed by atoms with Crippen molar-refractivity contribution in [3.8, 4) is 11.4 Å². The maximum Gasteiger partial charge on any atom is 0.231 e. The maximum absolute atomic E-state index is 13.3. The van der Waals surface area contributed by atoms with Gasteiger partial charge in [0.25, 0.3) is 0 Å². The number of nitrogens with two attached hydrogens (primary N) is 1. The topological polar surface area (TPSA) is 64.9 Å². The number of hydrogen-bond acceptors (Lipinski definition) is 4. The highest BCUT2D eigenvalue weighted by molar-refractivity contribution is 5.55. The first-order valence-electron chi connectivity index (χ1n) is 7.49. The minimum atomic E-state index is -0.224. The fourth-order valence-corrected chi connectivity index (χ4v) is 3.97. The van der Waals surface area contributed by atoms with Gasteiger partial charge in [-0.05, 0) is 61.8 Å². The van der Waals surface area contributed by atoms with Crippen molar-refractivity contribution in [3.05, 3.63) is 35.5 Å². The average Bonchev–Trinajstić information content (AvgIpc) is 3.16. The van der Waals surface area contributed by atoms with E-state index in [0.717, 1.165) is 5.56 Å². The number of benzene rings is 1. The Morgan fingerprint density at radius 1 is 1.29 bits per heavy atom. The molecule has 4 unspecified atom stereocenters. The summed E-state index contributed by atoms with van der Waals surface area (Å²) in [6, 6.07) is 4.99. The molecule has 2 aromatic rings. The van der Waals surface area contributed by atoms with Gasteiger partial charge < -0.3 is 10.3 Å². The van der Waals surface area contributed by atoms with Gasteiger partial charge in [-0.15, -0.1) is 0 Å². The molecule has 1 aromatic carbocycles. The van der Waals surface area contributed by atoms with Crippen LogP contribution in [0.1, 0.15) is 36.6 Å². The van der Waals surface area contributed by atoms with Gasteiger partial charge in [-0.25, -0.2) is 4.39 Å². The van der Waals surface area contributed by atoms with Crippen LogP contribution in [-0.2, 0) is 0 Å². The second kappa shape index (κ2) is 4.63. The molecule has 0 spiro atoms. The molecule has 2 N–H and O–H groups in total. The minimum absolute atomic E-state index is 0.131. The van der Waals surface area contributed by atoms with E-state index in [2.05, 4.69) is 10.1 Å². The molecular weight excluding hydrogens is 269 g/mol. The molecule has 5 heteroatoms. The van der Waals surface area contributed by atoms with Crippen LogP contribution in [0.3, 0.4) is 0 Å². The molecule has 4 rings (SSSR count). The van der Waals surface area contributed by atoms with E-state index in [1.165, 1.54) is 25.3 Å². The maximum atomic E-state index is 13.3. The van der Waals surface area contributed by atoms with Crippen LogP contribution in [-0.4, -0.2) is 16.2 Å². The first kappa shape index (κ1) is 13.0. The summed E-state index contributed by atoms with van der Waals surface area (Å²) >= 11 is 0. The van der Waals surface area contributed by atoms with Crippen LogP contribution in [0.4, 0.5) is 4.39 Å². The third-order valence-electron chi connectivity index (χ3n) is 5.12. The fraction of sp³-hybridized carbons (Fsp3) is 0.500. The first-order valence-corrected chi connectivity index (χ1v) is 7.49. The third-order valence-corrected chi connectivity index (χ3v) is 5.12. The Labute approximate surface area is 122 Å². The van der Waals surface area contributed by atoms with E-state index < -0.39 is 0 Å². The van der Waals surface area contributed by atoms with Gasteiger partial charge in [-0.1, -0.05) is 5.16 Å². The zero-order valence-corrected chi connectivity index (χ0v) is 11.9. The molecule has 0 saturated heterocycles. The molecule has 1 aromatic heterocycles. The molecule has 21 heavy (non-hydrogen) atoms. The number of aryl methyl sites for hydroxylation is 1. The first-order chi connectivity index (χ1) is 10.1. The smallest absolute Gasteiger partial charge is 0.231 e. The largest absolute Gasteiger partial charge is 0.339 e. The molecule has 2 aliphatic rings. The Hall–Kier alpha value is -1.75. The van der Waals surface area contributed by atoms with Gasteiger partial charge in [0.2, 0.25) is 11.7 Å².